The van der Waals surface area contributed by atoms with Gasteiger partial charge in [0.25, 0.3) is 0 Å². The zero-order valence-electron chi connectivity index (χ0n) is 26.4. The van der Waals surface area contributed by atoms with E-state index in [2.05, 4.69) is 204 Å². The molecule has 0 radical (unpaired) electrons. The van der Waals surface area contributed by atoms with Crippen molar-refractivity contribution in [2.24, 2.45) is 0 Å². The Morgan fingerprint density at radius 1 is 0.333 bits per heavy atom. The van der Waals surface area contributed by atoms with Crippen LogP contribution in [0.3, 0.4) is 0 Å². The van der Waals surface area contributed by atoms with E-state index in [1.807, 2.05) is 0 Å². The Kier molecular flexibility index (Phi) is 6.84. The molecular weight excluding hydrogens is 581 g/mol. The Morgan fingerprint density at radius 3 is 1.40 bits per heavy atom. The summed E-state index contributed by atoms with van der Waals surface area (Å²) in [6.45, 7) is 0. The highest BCUT2D eigenvalue weighted by Gasteiger charge is 2.17. The lowest BCUT2D eigenvalue weighted by Gasteiger charge is -2.26. The monoisotopic (exact) mass is 612 g/mol. The van der Waals surface area contributed by atoms with E-state index in [0.29, 0.717) is 0 Å². The van der Waals surface area contributed by atoms with Crippen LogP contribution in [0.2, 0.25) is 0 Å². The first-order chi connectivity index (χ1) is 23.8. The zero-order valence-corrected chi connectivity index (χ0v) is 26.4. The Morgan fingerprint density at radius 2 is 0.812 bits per heavy atom. The molecule has 0 aliphatic heterocycles. The lowest BCUT2D eigenvalue weighted by molar-refractivity contribution is 1.27. The molecule has 0 unspecified atom stereocenters. The van der Waals surface area contributed by atoms with E-state index in [9.17, 15) is 0 Å². The summed E-state index contributed by atoms with van der Waals surface area (Å²) in [4.78, 5) is 2.36. The minimum atomic E-state index is 1.11. The van der Waals surface area contributed by atoms with Gasteiger partial charge in [0.05, 0.1) is 11.0 Å². The number of para-hydroxylation sites is 1. The van der Waals surface area contributed by atoms with Gasteiger partial charge in [0.2, 0.25) is 0 Å². The molecule has 0 spiro atoms. The van der Waals surface area contributed by atoms with Gasteiger partial charge in [-0.05, 0) is 81.7 Å². The minimum Gasteiger partial charge on any atom is -0.315 e. The van der Waals surface area contributed by atoms with Gasteiger partial charge in [-0.1, -0.05) is 140 Å². The summed E-state index contributed by atoms with van der Waals surface area (Å²) in [5.41, 5.74) is 13.1. The number of hydrogen-bond donors (Lipinski definition) is 0. The SMILES string of the molecule is c1ccc(-c2ccc(N(c3ccc(-c4ccccc4)cc3)c3ccc4cc5c(-c6ccccc6)c6ccccc6n5cc4c3)cc2)cc1. The van der Waals surface area contributed by atoms with Crippen molar-refractivity contribution in [3.63, 3.8) is 0 Å². The summed E-state index contributed by atoms with van der Waals surface area (Å²) in [7, 11) is 0. The van der Waals surface area contributed by atoms with Crippen molar-refractivity contribution in [1.29, 1.82) is 0 Å². The maximum atomic E-state index is 2.36. The van der Waals surface area contributed by atoms with Crippen LogP contribution >= 0.6 is 0 Å². The fourth-order valence-electron chi connectivity index (χ4n) is 7.02. The van der Waals surface area contributed by atoms with Crippen molar-refractivity contribution in [3.05, 3.63) is 194 Å². The molecule has 0 fully saturated rings. The van der Waals surface area contributed by atoms with Crippen LogP contribution in [-0.2, 0) is 0 Å². The molecule has 0 bridgehead atoms. The van der Waals surface area contributed by atoms with Crippen LogP contribution in [0.15, 0.2) is 194 Å². The maximum absolute atomic E-state index is 2.36. The minimum absolute atomic E-state index is 1.11. The smallest absolute Gasteiger partial charge is 0.0547 e. The lowest BCUT2D eigenvalue weighted by atomic mass is 10.0. The topological polar surface area (TPSA) is 7.65 Å². The summed E-state index contributed by atoms with van der Waals surface area (Å²) >= 11 is 0. The summed E-state index contributed by atoms with van der Waals surface area (Å²) in [5, 5.41) is 3.66. The highest BCUT2D eigenvalue weighted by atomic mass is 15.1. The second-order valence-corrected chi connectivity index (χ2v) is 12.3. The number of pyridine rings is 1. The quantitative estimate of drug-likeness (QED) is 0.181. The van der Waals surface area contributed by atoms with Crippen LogP contribution < -0.4 is 4.90 Å². The Labute approximate surface area is 280 Å². The van der Waals surface area contributed by atoms with Crippen LogP contribution in [0, 0.1) is 0 Å². The fraction of sp³-hybridized carbons (Fsp3) is 0. The molecule has 7 aromatic carbocycles. The summed E-state index contributed by atoms with van der Waals surface area (Å²) < 4.78 is 2.36. The number of anilines is 3. The van der Waals surface area contributed by atoms with Gasteiger partial charge < -0.3 is 9.30 Å². The van der Waals surface area contributed by atoms with Crippen molar-refractivity contribution >= 4 is 44.3 Å². The Hall–Kier alpha value is -6.38. The molecule has 0 atom stereocenters. The molecular formula is C46H32N2. The first-order valence-corrected chi connectivity index (χ1v) is 16.4. The molecule has 0 saturated heterocycles. The van der Waals surface area contributed by atoms with Crippen molar-refractivity contribution in [3.8, 4) is 33.4 Å². The van der Waals surface area contributed by atoms with Gasteiger partial charge >= 0.3 is 0 Å². The van der Waals surface area contributed by atoms with Crippen molar-refractivity contribution in [2.45, 2.75) is 0 Å². The molecule has 2 nitrogen and oxygen atoms in total. The molecule has 226 valence electrons. The highest BCUT2D eigenvalue weighted by molar-refractivity contribution is 6.08. The van der Waals surface area contributed by atoms with E-state index in [1.54, 1.807) is 0 Å². The molecule has 0 aliphatic rings. The standard InChI is InChI=1S/C46H32N2/c1-4-12-33(13-5-1)35-20-25-40(26-21-35)48(41-27-22-36(23-28-41)34-14-6-2-7-15-34)42-29-24-38-31-45-46(37-16-8-3-9-17-37)43-18-10-11-19-44(43)47(45)32-39(38)30-42/h1-32H. The molecule has 9 aromatic rings. The van der Waals surface area contributed by atoms with E-state index in [4.69, 9.17) is 0 Å². The second-order valence-electron chi connectivity index (χ2n) is 12.3. The highest BCUT2D eigenvalue weighted by Crippen LogP contribution is 2.40. The Bertz CT molecular complexity index is 2430. The van der Waals surface area contributed by atoms with E-state index in [-0.39, 0.29) is 0 Å². The fourth-order valence-corrected chi connectivity index (χ4v) is 7.02. The van der Waals surface area contributed by atoms with Crippen LogP contribution in [0.25, 0.3) is 60.6 Å². The third kappa shape index (κ3) is 4.92. The molecule has 0 N–H and O–H groups in total. The van der Waals surface area contributed by atoms with Gasteiger partial charge in [-0.3, -0.25) is 0 Å². The second kappa shape index (κ2) is 11.8. The largest absolute Gasteiger partial charge is 0.315 e. The van der Waals surface area contributed by atoms with Crippen LogP contribution in [0.4, 0.5) is 17.1 Å². The number of nitrogens with zero attached hydrogens (tertiary/aromatic N) is 2. The van der Waals surface area contributed by atoms with E-state index < -0.39 is 0 Å². The predicted molar refractivity (Wildman–Crippen MR) is 203 cm³/mol. The van der Waals surface area contributed by atoms with Crippen molar-refractivity contribution in [1.82, 2.24) is 4.40 Å². The van der Waals surface area contributed by atoms with Gasteiger partial charge in [0.1, 0.15) is 0 Å². The number of rotatable bonds is 6. The zero-order chi connectivity index (χ0) is 31.9. The average molecular weight is 613 g/mol. The predicted octanol–water partition coefficient (Wildman–Crippen LogP) is 12.7. The third-order valence-electron chi connectivity index (χ3n) is 9.37. The maximum Gasteiger partial charge on any atom is 0.0547 e. The molecule has 0 aliphatic carbocycles. The van der Waals surface area contributed by atoms with Crippen LogP contribution in [0.1, 0.15) is 0 Å². The summed E-state index contributed by atoms with van der Waals surface area (Å²) in [5.74, 6) is 0. The summed E-state index contributed by atoms with van der Waals surface area (Å²) in [6.07, 6.45) is 2.30. The molecule has 2 heterocycles. The number of aromatic nitrogens is 1. The van der Waals surface area contributed by atoms with Gasteiger partial charge in [0.15, 0.2) is 0 Å². The van der Waals surface area contributed by atoms with Crippen LogP contribution in [-0.4, -0.2) is 4.40 Å². The van der Waals surface area contributed by atoms with E-state index >= 15 is 0 Å². The number of fused-ring (bicyclic) bond motifs is 4. The molecule has 2 heteroatoms. The number of benzene rings is 7. The van der Waals surface area contributed by atoms with Gasteiger partial charge in [-0.25, -0.2) is 0 Å². The van der Waals surface area contributed by atoms with Crippen LogP contribution in [0.5, 0.6) is 0 Å². The van der Waals surface area contributed by atoms with Crippen molar-refractivity contribution in [2.75, 3.05) is 4.90 Å². The summed E-state index contributed by atoms with van der Waals surface area (Å²) in [6, 6.07) is 67.5. The van der Waals surface area contributed by atoms with Gasteiger partial charge in [0, 0.05) is 39.6 Å². The van der Waals surface area contributed by atoms with E-state index in [1.165, 1.54) is 60.6 Å². The average Bonchev–Trinajstić information content (AvgIpc) is 3.48. The third-order valence-corrected chi connectivity index (χ3v) is 9.37. The molecule has 9 rings (SSSR count). The van der Waals surface area contributed by atoms with Gasteiger partial charge in [-0.15, -0.1) is 0 Å². The first kappa shape index (κ1) is 27.9. The Balaban J connectivity index is 1.20. The molecule has 0 amide bonds. The number of hydrogen-bond acceptors (Lipinski definition) is 1. The van der Waals surface area contributed by atoms with Gasteiger partial charge in [-0.2, -0.15) is 0 Å². The normalized spacial score (nSPS) is 11.3. The van der Waals surface area contributed by atoms with Crippen molar-refractivity contribution < 1.29 is 0 Å². The lowest BCUT2D eigenvalue weighted by Crippen LogP contribution is -2.10. The molecule has 48 heavy (non-hydrogen) atoms. The van der Waals surface area contributed by atoms with E-state index in [0.717, 1.165) is 17.1 Å². The molecule has 0 saturated carbocycles. The first-order valence-electron chi connectivity index (χ1n) is 16.4. The molecule has 2 aromatic heterocycles.